The number of nitrogens with zero attached hydrogens (tertiary/aromatic N) is 2. The lowest BCUT2D eigenvalue weighted by molar-refractivity contribution is 0.400. The minimum atomic E-state index is 0.207. The Balaban J connectivity index is 2.92. The fourth-order valence-electron chi connectivity index (χ4n) is 1.31. The summed E-state index contributed by atoms with van der Waals surface area (Å²) in [6.07, 6.45) is 1.77. The van der Waals surface area contributed by atoms with Gasteiger partial charge in [-0.3, -0.25) is 0 Å². The number of aryl methyl sites for hydroxylation is 1. The van der Waals surface area contributed by atoms with Crippen molar-refractivity contribution < 1.29 is 0 Å². The Hall–Kier alpha value is -1.12. The van der Waals surface area contributed by atoms with Crippen LogP contribution in [-0.2, 0) is 12.8 Å². The number of rotatable bonds is 2. The molecule has 0 aliphatic heterocycles. The molecule has 78 valence electrons. The number of nitrogen functional groups attached to an aromatic ring is 1. The topological polar surface area (TPSA) is 51.8 Å². The van der Waals surface area contributed by atoms with E-state index in [1.807, 2.05) is 6.07 Å². The first kappa shape index (κ1) is 11.0. The normalized spacial score (nSPS) is 11.7. The second kappa shape index (κ2) is 3.95. The van der Waals surface area contributed by atoms with Gasteiger partial charge in [0.25, 0.3) is 0 Å². The molecule has 1 aromatic rings. The highest BCUT2D eigenvalue weighted by atomic mass is 14.9. The largest absolute Gasteiger partial charge is 0.384 e. The maximum absolute atomic E-state index is 5.70. The molecule has 3 nitrogen and oxygen atoms in total. The predicted molar refractivity (Wildman–Crippen MR) is 59.0 cm³/mol. The van der Waals surface area contributed by atoms with E-state index in [2.05, 4.69) is 37.7 Å². The van der Waals surface area contributed by atoms with Crippen molar-refractivity contribution in [3.63, 3.8) is 0 Å². The summed E-state index contributed by atoms with van der Waals surface area (Å²) < 4.78 is 0. The summed E-state index contributed by atoms with van der Waals surface area (Å²) in [5.74, 6) is 1.44. The second-order valence-corrected chi connectivity index (χ2v) is 4.79. The van der Waals surface area contributed by atoms with Gasteiger partial charge in [0.15, 0.2) is 0 Å². The number of hydrogen-bond donors (Lipinski definition) is 1. The van der Waals surface area contributed by atoms with Crippen LogP contribution in [0, 0.1) is 5.41 Å². The quantitative estimate of drug-likeness (QED) is 0.783. The van der Waals surface area contributed by atoms with Crippen molar-refractivity contribution in [1.29, 1.82) is 0 Å². The zero-order chi connectivity index (χ0) is 10.8. The first-order chi connectivity index (χ1) is 6.40. The summed E-state index contributed by atoms with van der Waals surface area (Å²) in [4.78, 5) is 8.68. The van der Waals surface area contributed by atoms with E-state index in [9.17, 15) is 0 Å². The molecule has 0 unspecified atom stereocenters. The molecule has 14 heavy (non-hydrogen) atoms. The molecule has 0 bridgehead atoms. The maximum atomic E-state index is 5.70. The second-order valence-electron chi connectivity index (χ2n) is 4.79. The minimum Gasteiger partial charge on any atom is -0.384 e. The van der Waals surface area contributed by atoms with E-state index in [0.717, 1.165) is 24.4 Å². The lowest BCUT2D eigenvalue weighted by Gasteiger charge is -2.17. The van der Waals surface area contributed by atoms with Gasteiger partial charge in [-0.05, 0) is 11.8 Å². The smallest absolute Gasteiger partial charge is 0.131 e. The van der Waals surface area contributed by atoms with Crippen LogP contribution >= 0.6 is 0 Å². The third-order valence-electron chi connectivity index (χ3n) is 1.90. The number of anilines is 1. The van der Waals surface area contributed by atoms with Crippen LogP contribution in [0.15, 0.2) is 6.07 Å². The average Bonchev–Trinajstić information content (AvgIpc) is 1.99. The number of nitrogens with two attached hydrogens (primary N) is 1. The van der Waals surface area contributed by atoms with Gasteiger partial charge in [0.2, 0.25) is 0 Å². The van der Waals surface area contributed by atoms with Crippen LogP contribution in [0.5, 0.6) is 0 Å². The van der Waals surface area contributed by atoms with Crippen molar-refractivity contribution >= 4 is 5.82 Å². The SMILES string of the molecule is CCc1cc(N)nc(CC(C)(C)C)n1. The summed E-state index contributed by atoms with van der Waals surface area (Å²) in [6, 6.07) is 1.84. The van der Waals surface area contributed by atoms with Crippen molar-refractivity contribution in [2.24, 2.45) is 5.41 Å². The molecule has 0 aromatic carbocycles. The van der Waals surface area contributed by atoms with Crippen molar-refractivity contribution in [2.45, 2.75) is 40.5 Å². The average molecular weight is 193 g/mol. The molecule has 1 heterocycles. The molecular weight excluding hydrogens is 174 g/mol. The highest BCUT2D eigenvalue weighted by Gasteiger charge is 2.14. The third kappa shape index (κ3) is 3.32. The molecule has 0 radical (unpaired) electrons. The fourth-order valence-corrected chi connectivity index (χ4v) is 1.31. The summed E-state index contributed by atoms with van der Waals surface area (Å²) in [7, 11) is 0. The van der Waals surface area contributed by atoms with Crippen molar-refractivity contribution in [2.75, 3.05) is 5.73 Å². The molecule has 0 fully saturated rings. The van der Waals surface area contributed by atoms with Gasteiger partial charge in [-0.2, -0.15) is 0 Å². The lowest BCUT2D eigenvalue weighted by atomic mass is 9.92. The van der Waals surface area contributed by atoms with Crippen LogP contribution < -0.4 is 5.73 Å². The van der Waals surface area contributed by atoms with Crippen LogP contribution in [0.2, 0.25) is 0 Å². The van der Waals surface area contributed by atoms with Crippen LogP contribution in [0.1, 0.15) is 39.2 Å². The van der Waals surface area contributed by atoms with Crippen LogP contribution in [-0.4, -0.2) is 9.97 Å². The Labute approximate surface area is 85.8 Å². The van der Waals surface area contributed by atoms with Gasteiger partial charge in [-0.1, -0.05) is 27.7 Å². The van der Waals surface area contributed by atoms with Gasteiger partial charge in [0.1, 0.15) is 11.6 Å². The maximum Gasteiger partial charge on any atom is 0.131 e. The van der Waals surface area contributed by atoms with Crippen molar-refractivity contribution in [1.82, 2.24) is 9.97 Å². The summed E-state index contributed by atoms with van der Waals surface area (Å²) in [5, 5.41) is 0. The Bertz CT molecular complexity index is 313. The van der Waals surface area contributed by atoms with Gasteiger partial charge >= 0.3 is 0 Å². The zero-order valence-electron chi connectivity index (χ0n) is 9.46. The Morgan fingerprint density at radius 3 is 2.43 bits per heavy atom. The predicted octanol–water partition coefficient (Wildman–Crippen LogP) is 2.21. The highest BCUT2D eigenvalue weighted by Crippen LogP contribution is 2.19. The molecule has 2 N–H and O–H groups in total. The molecule has 0 atom stereocenters. The van der Waals surface area contributed by atoms with E-state index in [0.29, 0.717) is 5.82 Å². The molecule has 0 aliphatic carbocycles. The molecule has 0 saturated carbocycles. The number of aromatic nitrogens is 2. The van der Waals surface area contributed by atoms with Crippen LogP contribution in [0.3, 0.4) is 0 Å². The Kier molecular flexibility index (Phi) is 3.09. The number of hydrogen-bond acceptors (Lipinski definition) is 3. The molecule has 0 aliphatic rings. The third-order valence-corrected chi connectivity index (χ3v) is 1.90. The van der Waals surface area contributed by atoms with E-state index >= 15 is 0 Å². The highest BCUT2D eigenvalue weighted by molar-refractivity contribution is 5.29. The molecule has 1 rings (SSSR count). The van der Waals surface area contributed by atoms with Gasteiger partial charge in [-0.15, -0.1) is 0 Å². The van der Waals surface area contributed by atoms with Crippen LogP contribution in [0.4, 0.5) is 5.82 Å². The van der Waals surface area contributed by atoms with Crippen molar-refractivity contribution in [3.8, 4) is 0 Å². The zero-order valence-corrected chi connectivity index (χ0v) is 9.46. The summed E-state index contributed by atoms with van der Waals surface area (Å²) >= 11 is 0. The molecule has 0 spiro atoms. The Morgan fingerprint density at radius 2 is 1.93 bits per heavy atom. The fraction of sp³-hybridized carbons (Fsp3) is 0.636. The van der Waals surface area contributed by atoms with E-state index in [4.69, 9.17) is 5.73 Å². The summed E-state index contributed by atoms with van der Waals surface area (Å²) in [6.45, 7) is 8.59. The van der Waals surface area contributed by atoms with E-state index < -0.39 is 0 Å². The Morgan fingerprint density at radius 1 is 1.29 bits per heavy atom. The first-order valence-electron chi connectivity index (χ1n) is 5.03. The van der Waals surface area contributed by atoms with E-state index in [-0.39, 0.29) is 5.41 Å². The van der Waals surface area contributed by atoms with Crippen LogP contribution in [0.25, 0.3) is 0 Å². The van der Waals surface area contributed by atoms with Gasteiger partial charge in [-0.25, -0.2) is 9.97 Å². The lowest BCUT2D eigenvalue weighted by Crippen LogP contribution is -2.13. The molecular formula is C11H19N3. The van der Waals surface area contributed by atoms with Gasteiger partial charge in [0.05, 0.1) is 0 Å². The minimum absolute atomic E-state index is 0.207. The standard InChI is InChI=1S/C11H19N3/c1-5-8-6-9(12)14-10(13-8)7-11(2,3)4/h6H,5,7H2,1-4H3,(H2,12,13,14). The van der Waals surface area contributed by atoms with Gasteiger partial charge < -0.3 is 5.73 Å². The molecule has 1 aromatic heterocycles. The monoisotopic (exact) mass is 193 g/mol. The molecule has 0 amide bonds. The molecule has 0 saturated heterocycles. The molecule has 3 heteroatoms. The van der Waals surface area contributed by atoms with Gasteiger partial charge in [0, 0.05) is 18.2 Å². The van der Waals surface area contributed by atoms with E-state index in [1.54, 1.807) is 0 Å². The first-order valence-corrected chi connectivity index (χ1v) is 5.03. The van der Waals surface area contributed by atoms with Crippen molar-refractivity contribution in [3.05, 3.63) is 17.6 Å². The summed E-state index contributed by atoms with van der Waals surface area (Å²) in [5.41, 5.74) is 6.93. The van der Waals surface area contributed by atoms with E-state index in [1.165, 1.54) is 0 Å².